The van der Waals surface area contributed by atoms with Crippen LogP contribution in [0.1, 0.15) is 30.6 Å². The first-order valence-corrected chi connectivity index (χ1v) is 6.02. The molecule has 0 radical (unpaired) electrons. The van der Waals surface area contributed by atoms with Gasteiger partial charge in [0, 0.05) is 0 Å². The Morgan fingerprint density at radius 1 is 1.56 bits per heavy atom. The number of halogens is 2. The van der Waals surface area contributed by atoms with Crippen molar-refractivity contribution in [3.8, 4) is 0 Å². The van der Waals surface area contributed by atoms with Crippen LogP contribution >= 0.6 is 15.9 Å². The normalized spacial score (nSPS) is 14.6. The van der Waals surface area contributed by atoms with Crippen molar-refractivity contribution in [2.75, 3.05) is 0 Å². The van der Waals surface area contributed by atoms with Gasteiger partial charge in [0.2, 0.25) is 0 Å². The van der Waals surface area contributed by atoms with Crippen LogP contribution in [0.15, 0.2) is 22.7 Å². The molecule has 1 aromatic carbocycles. The average Bonchev–Trinajstić information content (AvgIpc) is 2.29. The van der Waals surface area contributed by atoms with Crippen molar-refractivity contribution in [2.45, 2.75) is 26.3 Å². The number of carbonyl (C=O) groups is 1. The number of rotatable bonds is 4. The van der Waals surface area contributed by atoms with Gasteiger partial charge in [-0.25, -0.2) is 4.39 Å². The Balaban J connectivity index is 3.01. The zero-order valence-electron chi connectivity index (χ0n) is 9.34. The van der Waals surface area contributed by atoms with E-state index >= 15 is 0 Å². The predicted molar refractivity (Wildman–Crippen MR) is 65.9 cm³/mol. The minimum Gasteiger partial charge on any atom is -0.321 e. The summed E-state index contributed by atoms with van der Waals surface area (Å²) in [4.78, 5) is 11.9. The second-order valence-corrected chi connectivity index (χ2v) is 4.73. The van der Waals surface area contributed by atoms with Gasteiger partial charge in [-0.05, 0) is 34.0 Å². The van der Waals surface area contributed by atoms with Gasteiger partial charge in [-0.2, -0.15) is 0 Å². The molecule has 0 heterocycles. The molecule has 0 amide bonds. The molecule has 2 unspecified atom stereocenters. The number of Topliss-reactive ketones (excluding diaryl/α,β-unsaturated/α-hetero) is 1. The molecule has 2 N–H and O–H groups in total. The van der Waals surface area contributed by atoms with Crippen LogP contribution in [0.5, 0.6) is 0 Å². The van der Waals surface area contributed by atoms with E-state index in [9.17, 15) is 9.18 Å². The molecular weight excluding hydrogens is 273 g/mol. The summed E-state index contributed by atoms with van der Waals surface area (Å²) < 4.78 is 13.9. The fraction of sp³-hybridized carbons (Fsp3) is 0.417. The molecule has 88 valence electrons. The number of ketones is 1. The van der Waals surface area contributed by atoms with Gasteiger partial charge in [-0.1, -0.05) is 26.3 Å². The maximum atomic E-state index is 13.7. The van der Waals surface area contributed by atoms with Crippen molar-refractivity contribution in [1.29, 1.82) is 0 Å². The van der Waals surface area contributed by atoms with Gasteiger partial charge in [0.1, 0.15) is 5.82 Å². The summed E-state index contributed by atoms with van der Waals surface area (Å²) in [5.74, 6) is -0.828. The van der Waals surface area contributed by atoms with Crippen molar-refractivity contribution in [3.63, 3.8) is 0 Å². The lowest BCUT2D eigenvalue weighted by atomic mass is 9.92. The van der Waals surface area contributed by atoms with Crippen LogP contribution in [0.25, 0.3) is 0 Å². The van der Waals surface area contributed by atoms with E-state index in [1.807, 2.05) is 13.8 Å². The van der Waals surface area contributed by atoms with Crippen LogP contribution in [0.2, 0.25) is 0 Å². The molecule has 0 spiro atoms. The molecule has 0 bridgehead atoms. The lowest BCUT2D eigenvalue weighted by molar-refractivity contribution is 0.0930. The third kappa shape index (κ3) is 2.68. The Kier molecular flexibility index (Phi) is 4.62. The Bertz CT molecular complexity index is 395. The second kappa shape index (κ2) is 5.55. The van der Waals surface area contributed by atoms with Crippen LogP contribution in [-0.4, -0.2) is 11.8 Å². The lowest BCUT2D eigenvalue weighted by Gasteiger charge is -2.17. The van der Waals surface area contributed by atoms with Gasteiger partial charge in [0.25, 0.3) is 0 Å². The van der Waals surface area contributed by atoms with E-state index in [2.05, 4.69) is 15.9 Å². The summed E-state index contributed by atoms with van der Waals surface area (Å²) in [6.45, 7) is 3.84. The standard InChI is InChI=1S/C12H15BrFNO/c1-3-7(2)11(15)12(16)8-5-4-6-9(13)10(8)14/h4-7,11H,3,15H2,1-2H3. The minimum atomic E-state index is -0.645. The first-order valence-electron chi connectivity index (χ1n) is 5.22. The zero-order chi connectivity index (χ0) is 12.3. The van der Waals surface area contributed by atoms with Gasteiger partial charge >= 0.3 is 0 Å². The molecule has 0 aliphatic heterocycles. The summed E-state index contributed by atoms with van der Waals surface area (Å²) in [5.41, 5.74) is 5.85. The third-order valence-electron chi connectivity index (χ3n) is 2.78. The van der Waals surface area contributed by atoms with Gasteiger partial charge in [-0.3, -0.25) is 4.79 Å². The number of benzene rings is 1. The van der Waals surface area contributed by atoms with Crippen LogP contribution in [0.4, 0.5) is 4.39 Å². The van der Waals surface area contributed by atoms with Crippen LogP contribution < -0.4 is 5.73 Å². The maximum Gasteiger partial charge on any atom is 0.182 e. The molecule has 0 aliphatic rings. The number of carbonyl (C=O) groups excluding carboxylic acids is 1. The van der Waals surface area contributed by atoms with Gasteiger partial charge < -0.3 is 5.73 Å². The smallest absolute Gasteiger partial charge is 0.182 e. The van der Waals surface area contributed by atoms with Gasteiger partial charge in [0.05, 0.1) is 16.1 Å². The molecule has 0 aromatic heterocycles. The Morgan fingerprint density at radius 3 is 2.75 bits per heavy atom. The minimum absolute atomic E-state index is 0.0471. The highest BCUT2D eigenvalue weighted by Gasteiger charge is 2.23. The highest BCUT2D eigenvalue weighted by Crippen LogP contribution is 2.21. The maximum absolute atomic E-state index is 13.7. The first-order chi connectivity index (χ1) is 7.49. The number of hydrogen-bond donors (Lipinski definition) is 1. The third-order valence-corrected chi connectivity index (χ3v) is 3.39. The predicted octanol–water partition coefficient (Wildman–Crippen LogP) is 3.14. The van der Waals surface area contributed by atoms with E-state index in [0.29, 0.717) is 0 Å². The quantitative estimate of drug-likeness (QED) is 0.865. The Morgan fingerprint density at radius 2 is 2.19 bits per heavy atom. The monoisotopic (exact) mass is 287 g/mol. The molecule has 2 nitrogen and oxygen atoms in total. The van der Waals surface area contributed by atoms with Gasteiger partial charge in [-0.15, -0.1) is 0 Å². The molecule has 0 aliphatic carbocycles. The summed E-state index contributed by atoms with van der Waals surface area (Å²) in [6.07, 6.45) is 0.794. The summed E-state index contributed by atoms with van der Waals surface area (Å²) in [6, 6.07) is 4.00. The summed E-state index contributed by atoms with van der Waals surface area (Å²) in [5, 5.41) is 0. The summed E-state index contributed by atoms with van der Waals surface area (Å²) in [7, 11) is 0. The zero-order valence-corrected chi connectivity index (χ0v) is 10.9. The van der Waals surface area contributed by atoms with E-state index in [1.165, 1.54) is 6.07 Å². The van der Waals surface area contributed by atoms with E-state index in [4.69, 9.17) is 5.73 Å². The van der Waals surface area contributed by atoms with Crippen LogP contribution in [0, 0.1) is 11.7 Å². The Labute approximate surface area is 103 Å². The van der Waals surface area contributed by atoms with Crippen molar-refractivity contribution in [2.24, 2.45) is 11.7 Å². The van der Waals surface area contributed by atoms with E-state index < -0.39 is 11.9 Å². The first kappa shape index (κ1) is 13.3. The van der Waals surface area contributed by atoms with Gasteiger partial charge in [0.15, 0.2) is 5.78 Å². The average molecular weight is 288 g/mol. The molecule has 4 heteroatoms. The molecule has 1 aromatic rings. The number of nitrogens with two attached hydrogens (primary N) is 1. The van der Waals surface area contributed by atoms with Crippen molar-refractivity contribution in [3.05, 3.63) is 34.1 Å². The highest BCUT2D eigenvalue weighted by molar-refractivity contribution is 9.10. The molecule has 0 saturated carbocycles. The molecule has 0 saturated heterocycles. The van der Waals surface area contributed by atoms with Crippen LogP contribution in [0.3, 0.4) is 0 Å². The highest BCUT2D eigenvalue weighted by atomic mass is 79.9. The van der Waals surface area contributed by atoms with Crippen LogP contribution in [-0.2, 0) is 0 Å². The van der Waals surface area contributed by atoms with E-state index in [-0.39, 0.29) is 21.7 Å². The topological polar surface area (TPSA) is 43.1 Å². The fourth-order valence-corrected chi connectivity index (χ4v) is 1.75. The van der Waals surface area contributed by atoms with E-state index in [0.717, 1.165) is 6.42 Å². The summed E-state index contributed by atoms with van der Waals surface area (Å²) >= 11 is 3.05. The molecule has 16 heavy (non-hydrogen) atoms. The molecule has 0 fully saturated rings. The van der Waals surface area contributed by atoms with Crippen molar-refractivity contribution >= 4 is 21.7 Å². The van der Waals surface area contributed by atoms with Crippen molar-refractivity contribution in [1.82, 2.24) is 0 Å². The molecular formula is C12H15BrFNO. The Hall–Kier alpha value is -0.740. The fourth-order valence-electron chi connectivity index (χ4n) is 1.39. The van der Waals surface area contributed by atoms with E-state index in [1.54, 1.807) is 12.1 Å². The largest absolute Gasteiger partial charge is 0.321 e. The lowest BCUT2D eigenvalue weighted by Crippen LogP contribution is -2.37. The molecule has 1 rings (SSSR count). The van der Waals surface area contributed by atoms with Crippen molar-refractivity contribution < 1.29 is 9.18 Å². The molecule has 2 atom stereocenters. The SMILES string of the molecule is CCC(C)C(N)C(=O)c1cccc(Br)c1F. The number of hydrogen-bond acceptors (Lipinski definition) is 2. The second-order valence-electron chi connectivity index (χ2n) is 3.88.